The molecule has 1 N–H and O–H groups in total. The number of hydrogen-bond acceptors (Lipinski definition) is 3. The lowest BCUT2D eigenvalue weighted by molar-refractivity contribution is -0.144. The summed E-state index contributed by atoms with van der Waals surface area (Å²) in [6.07, 6.45) is 5.31. The highest BCUT2D eigenvalue weighted by Gasteiger charge is 2.28. The lowest BCUT2D eigenvalue weighted by Gasteiger charge is -2.12. The molecule has 1 aliphatic carbocycles. The van der Waals surface area contributed by atoms with Crippen LogP contribution in [0.4, 0.5) is 0 Å². The predicted octanol–water partition coefficient (Wildman–Crippen LogP) is 3.23. The second-order valence-corrected chi connectivity index (χ2v) is 6.51. The minimum absolute atomic E-state index is 0.158. The van der Waals surface area contributed by atoms with Crippen LogP contribution in [0.15, 0.2) is 28.7 Å². The smallest absolute Gasteiger partial charge is 0.331 e. The topological polar surface area (TPSA) is 55.4 Å². The van der Waals surface area contributed by atoms with E-state index in [2.05, 4.69) is 21.2 Å². The molecule has 1 atom stereocenters. The van der Waals surface area contributed by atoms with Gasteiger partial charge in [-0.3, -0.25) is 4.79 Å². The molecule has 0 heterocycles. The summed E-state index contributed by atoms with van der Waals surface area (Å²) in [5, 5.41) is 2.84. The van der Waals surface area contributed by atoms with Gasteiger partial charge in [0, 0.05) is 16.6 Å². The van der Waals surface area contributed by atoms with Crippen molar-refractivity contribution in [2.45, 2.75) is 32.7 Å². The van der Waals surface area contributed by atoms with E-state index in [4.69, 9.17) is 4.74 Å². The third kappa shape index (κ3) is 5.30. The maximum atomic E-state index is 11.6. The molecule has 0 spiro atoms. The summed E-state index contributed by atoms with van der Waals surface area (Å²) in [4.78, 5) is 23.3. The number of amides is 1. The number of aryl methyl sites for hydroxylation is 1. The van der Waals surface area contributed by atoms with Crippen molar-refractivity contribution in [3.8, 4) is 0 Å². The first-order chi connectivity index (χ1) is 10.5. The molecule has 1 aromatic carbocycles. The van der Waals surface area contributed by atoms with Gasteiger partial charge in [-0.15, -0.1) is 0 Å². The molecule has 1 fully saturated rings. The largest absolute Gasteiger partial charge is 0.452 e. The summed E-state index contributed by atoms with van der Waals surface area (Å²) < 4.78 is 5.85. The van der Waals surface area contributed by atoms with Crippen LogP contribution in [0.25, 0.3) is 6.08 Å². The molecule has 0 unspecified atom stereocenters. The number of nitrogens with one attached hydrogen (secondary N) is 1. The molecule has 0 aromatic heterocycles. The normalized spacial score (nSPS) is 15.6. The molecule has 0 aliphatic heterocycles. The lowest BCUT2D eigenvalue weighted by Crippen LogP contribution is -2.36. The Kier molecular flexibility index (Phi) is 5.77. The van der Waals surface area contributed by atoms with Gasteiger partial charge in [-0.1, -0.05) is 28.1 Å². The average molecular weight is 366 g/mol. The van der Waals surface area contributed by atoms with Crippen molar-refractivity contribution in [3.63, 3.8) is 0 Å². The number of esters is 1. The predicted molar refractivity (Wildman–Crippen MR) is 89.2 cm³/mol. The van der Waals surface area contributed by atoms with Gasteiger partial charge in [0.25, 0.3) is 5.91 Å². The molecular weight excluding hydrogens is 346 g/mol. The zero-order valence-electron chi connectivity index (χ0n) is 12.8. The third-order valence-corrected chi connectivity index (χ3v) is 4.30. The van der Waals surface area contributed by atoms with Crippen LogP contribution in [0, 0.1) is 12.8 Å². The number of benzene rings is 1. The Balaban J connectivity index is 1.77. The van der Waals surface area contributed by atoms with Crippen LogP contribution in [-0.2, 0) is 14.3 Å². The quantitative estimate of drug-likeness (QED) is 0.621. The van der Waals surface area contributed by atoms with E-state index < -0.39 is 5.97 Å². The molecule has 1 amide bonds. The molecule has 118 valence electrons. The van der Waals surface area contributed by atoms with Crippen LogP contribution in [0.5, 0.6) is 0 Å². The van der Waals surface area contributed by atoms with Gasteiger partial charge in [-0.25, -0.2) is 4.79 Å². The van der Waals surface area contributed by atoms with Gasteiger partial charge in [0.05, 0.1) is 0 Å². The van der Waals surface area contributed by atoms with Crippen LogP contribution in [0.1, 0.15) is 30.9 Å². The zero-order valence-corrected chi connectivity index (χ0v) is 14.4. The molecule has 0 radical (unpaired) electrons. The minimum atomic E-state index is -0.526. The van der Waals surface area contributed by atoms with E-state index in [0.29, 0.717) is 5.92 Å². The molecule has 1 aromatic rings. The standard InChI is InChI=1S/C17H20BrNO3/c1-11-3-4-14(15(18)9-11)7-8-17(21)22-10-16(20)19-12(2)13-5-6-13/h3-4,7-9,12-13H,5-6,10H2,1-2H3,(H,19,20)/b8-7+/t12-/m1/s1. The Bertz CT molecular complexity index is 594. The fourth-order valence-electron chi connectivity index (χ4n) is 2.12. The Hall–Kier alpha value is -1.62. The monoisotopic (exact) mass is 365 g/mol. The van der Waals surface area contributed by atoms with E-state index in [1.54, 1.807) is 6.08 Å². The van der Waals surface area contributed by atoms with Crippen molar-refractivity contribution in [2.75, 3.05) is 6.61 Å². The molecule has 0 bridgehead atoms. The van der Waals surface area contributed by atoms with Crippen molar-refractivity contribution >= 4 is 33.9 Å². The van der Waals surface area contributed by atoms with E-state index in [-0.39, 0.29) is 18.6 Å². The Labute approximate surface area is 139 Å². The van der Waals surface area contributed by atoms with E-state index in [0.717, 1.165) is 28.4 Å². The highest BCUT2D eigenvalue weighted by atomic mass is 79.9. The van der Waals surface area contributed by atoms with Gasteiger partial charge in [0.2, 0.25) is 0 Å². The summed E-state index contributed by atoms with van der Waals surface area (Å²) in [5.41, 5.74) is 2.02. The highest BCUT2D eigenvalue weighted by molar-refractivity contribution is 9.10. The first kappa shape index (κ1) is 16.7. The van der Waals surface area contributed by atoms with Crippen LogP contribution in [0.2, 0.25) is 0 Å². The number of hydrogen-bond donors (Lipinski definition) is 1. The minimum Gasteiger partial charge on any atom is -0.452 e. The molecule has 2 rings (SSSR count). The van der Waals surface area contributed by atoms with Crippen molar-refractivity contribution in [2.24, 2.45) is 5.92 Å². The van der Waals surface area contributed by atoms with Crippen LogP contribution < -0.4 is 5.32 Å². The Morgan fingerprint density at radius 2 is 2.18 bits per heavy atom. The SMILES string of the molecule is Cc1ccc(/C=C/C(=O)OCC(=O)N[C@H](C)C2CC2)c(Br)c1. The van der Waals surface area contributed by atoms with Gasteiger partial charge in [-0.2, -0.15) is 0 Å². The summed E-state index contributed by atoms with van der Waals surface area (Å²) in [5.74, 6) is -0.196. The van der Waals surface area contributed by atoms with Crippen LogP contribution >= 0.6 is 15.9 Å². The zero-order chi connectivity index (χ0) is 16.1. The highest BCUT2D eigenvalue weighted by Crippen LogP contribution is 2.32. The van der Waals surface area contributed by atoms with Crippen molar-refractivity contribution in [3.05, 3.63) is 39.9 Å². The number of carbonyl (C=O) groups is 2. The van der Waals surface area contributed by atoms with Gasteiger partial charge >= 0.3 is 5.97 Å². The maximum Gasteiger partial charge on any atom is 0.331 e. The van der Waals surface area contributed by atoms with E-state index in [9.17, 15) is 9.59 Å². The Morgan fingerprint density at radius 1 is 1.45 bits per heavy atom. The van der Waals surface area contributed by atoms with Gasteiger partial charge in [-0.05, 0) is 55.9 Å². The van der Waals surface area contributed by atoms with Crippen molar-refractivity contribution < 1.29 is 14.3 Å². The summed E-state index contributed by atoms with van der Waals surface area (Å²) in [6.45, 7) is 3.73. The number of ether oxygens (including phenoxy) is 1. The first-order valence-corrected chi connectivity index (χ1v) is 8.15. The van der Waals surface area contributed by atoms with Crippen molar-refractivity contribution in [1.29, 1.82) is 0 Å². The van der Waals surface area contributed by atoms with E-state index in [1.165, 1.54) is 6.08 Å². The molecule has 1 saturated carbocycles. The molecule has 1 aliphatic rings. The van der Waals surface area contributed by atoms with Gasteiger partial charge < -0.3 is 10.1 Å². The van der Waals surface area contributed by atoms with Gasteiger partial charge in [0.1, 0.15) is 0 Å². The van der Waals surface area contributed by atoms with Crippen LogP contribution in [-0.4, -0.2) is 24.5 Å². The van der Waals surface area contributed by atoms with Gasteiger partial charge in [0.15, 0.2) is 6.61 Å². The second kappa shape index (κ2) is 7.58. The summed E-state index contributed by atoms with van der Waals surface area (Å²) >= 11 is 3.44. The number of halogens is 1. The van der Waals surface area contributed by atoms with E-state index >= 15 is 0 Å². The Morgan fingerprint density at radius 3 is 2.82 bits per heavy atom. The fraction of sp³-hybridized carbons (Fsp3) is 0.412. The van der Waals surface area contributed by atoms with E-state index in [1.807, 2.05) is 32.0 Å². The maximum absolute atomic E-state index is 11.6. The molecular formula is C17H20BrNO3. The average Bonchev–Trinajstić information content (AvgIpc) is 3.28. The fourth-order valence-corrected chi connectivity index (χ4v) is 2.75. The lowest BCUT2D eigenvalue weighted by atomic mass is 10.1. The summed E-state index contributed by atoms with van der Waals surface area (Å²) in [7, 11) is 0. The molecule has 0 saturated heterocycles. The first-order valence-electron chi connectivity index (χ1n) is 7.36. The number of carbonyl (C=O) groups excluding carboxylic acids is 2. The molecule has 4 nitrogen and oxygen atoms in total. The molecule has 5 heteroatoms. The summed E-state index contributed by atoms with van der Waals surface area (Å²) in [6, 6.07) is 6.00. The third-order valence-electron chi connectivity index (χ3n) is 3.62. The van der Waals surface area contributed by atoms with Crippen LogP contribution in [0.3, 0.4) is 0 Å². The number of rotatable bonds is 6. The second-order valence-electron chi connectivity index (χ2n) is 5.66. The van der Waals surface area contributed by atoms with Crippen molar-refractivity contribution in [1.82, 2.24) is 5.32 Å². The molecule has 22 heavy (non-hydrogen) atoms.